The van der Waals surface area contributed by atoms with Crippen LogP contribution in [0.25, 0.3) is 11.3 Å². The Morgan fingerprint density at radius 3 is 2.97 bits per heavy atom. The van der Waals surface area contributed by atoms with Gasteiger partial charge in [-0.3, -0.25) is 0 Å². The first-order chi connectivity index (χ1) is 18.3. The molecule has 0 radical (unpaired) electrons. The molecule has 0 atom stereocenters. The Morgan fingerprint density at radius 1 is 1.11 bits per heavy atom. The second-order valence-corrected chi connectivity index (χ2v) is 8.26. The van der Waals surface area contributed by atoms with Crippen LogP contribution in [0, 0.1) is 0 Å². The largest absolute Gasteiger partial charge is 0.493 e. The second kappa shape index (κ2) is 12.0. The third-order valence-corrected chi connectivity index (χ3v) is 5.57. The summed E-state index contributed by atoms with van der Waals surface area (Å²) in [6.07, 6.45) is 13.5. The zero-order valence-electron chi connectivity index (χ0n) is 20.5. The number of nitrogens with one attached hydrogen (secondary N) is 1. The fourth-order valence-electron chi connectivity index (χ4n) is 3.80. The molecule has 0 unspecified atom stereocenters. The highest BCUT2D eigenvalue weighted by Crippen LogP contribution is 2.31. The van der Waals surface area contributed by atoms with E-state index in [0.717, 1.165) is 29.0 Å². The normalized spacial score (nSPS) is 14.4. The Labute approximate surface area is 214 Å². The predicted octanol–water partition coefficient (Wildman–Crippen LogP) is 4.42. The molecule has 37 heavy (non-hydrogen) atoms. The van der Waals surface area contributed by atoms with Gasteiger partial charge in [-0.1, -0.05) is 12.2 Å². The van der Waals surface area contributed by atoms with E-state index >= 15 is 0 Å². The fraction of sp³-hybridized carbons (Fsp3) is 0.259. The number of fused-ring (bicyclic) bond motifs is 7. The van der Waals surface area contributed by atoms with Crippen molar-refractivity contribution in [2.24, 2.45) is 0 Å². The molecular weight excluding hydrogens is 472 g/mol. The zero-order chi connectivity index (χ0) is 25.3. The highest BCUT2D eigenvalue weighted by molar-refractivity contribution is 5.69. The van der Waals surface area contributed by atoms with Gasteiger partial charge in [0.05, 0.1) is 46.0 Å². The molecule has 10 nitrogen and oxygen atoms in total. The summed E-state index contributed by atoms with van der Waals surface area (Å²) in [6, 6.07) is 9.61. The van der Waals surface area contributed by atoms with Gasteiger partial charge in [0, 0.05) is 42.0 Å². The van der Waals surface area contributed by atoms with Crippen molar-refractivity contribution in [1.82, 2.24) is 24.5 Å². The van der Waals surface area contributed by atoms with E-state index in [4.69, 9.17) is 23.9 Å². The lowest BCUT2D eigenvalue weighted by Crippen LogP contribution is -2.07. The molecule has 4 heterocycles. The van der Waals surface area contributed by atoms with Crippen molar-refractivity contribution in [3.05, 3.63) is 79.2 Å². The Hall–Kier alpha value is -4.44. The van der Waals surface area contributed by atoms with Gasteiger partial charge in [0.15, 0.2) is 5.75 Å². The Balaban J connectivity index is 1.45. The van der Waals surface area contributed by atoms with Crippen LogP contribution < -0.4 is 19.5 Å². The van der Waals surface area contributed by atoms with Crippen molar-refractivity contribution in [3.63, 3.8) is 0 Å². The Bertz CT molecular complexity index is 1340. The van der Waals surface area contributed by atoms with Crippen molar-refractivity contribution in [2.75, 3.05) is 32.2 Å². The maximum atomic E-state index is 6.05. The summed E-state index contributed by atoms with van der Waals surface area (Å²) in [4.78, 5) is 17.6. The van der Waals surface area contributed by atoms with Crippen LogP contribution in [0.3, 0.4) is 0 Å². The van der Waals surface area contributed by atoms with Crippen molar-refractivity contribution < 1.29 is 18.9 Å². The van der Waals surface area contributed by atoms with E-state index in [1.165, 1.54) is 0 Å². The summed E-state index contributed by atoms with van der Waals surface area (Å²) in [5, 5.41) is 3.30. The molecule has 1 aromatic carbocycles. The summed E-state index contributed by atoms with van der Waals surface area (Å²) < 4.78 is 25.2. The molecule has 0 saturated heterocycles. The third-order valence-electron chi connectivity index (χ3n) is 5.57. The molecule has 0 amide bonds. The van der Waals surface area contributed by atoms with Crippen molar-refractivity contribution in [1.29, 1.82) is 0 Å². The van der Waals surface area contributed by atoms with E-state index in [0.29, 0.717) is 56.2 Å². The average Bonchev–Trinajstić information content (AvgIpc) is 3.43. The van der Waals surface area contributed by atoms with Gasteiger partial charge in [-0.25, -0.2) is 19.9 Å². The number of nitrogens with zero attached hydrogens (tertiary/aromatic N) is 5. The minimum Gasteiger partial charge on any atom is -0.493 e. The van der Waals surface area contributed by atoms with Crippen LogP contribution in [0.1, 0.15) is 12.0 Å². The highest BCUT2D eigenvalue weighted by Gasteiger charge is 2.13. The van der Waals surface area contributed by atoms with Crippen molar-refractivity contribution in [3.8, 4) is 28.6 Å². The monoisotopic (exact) mass is 500 g/mol. The van der Waals surface area contributed by atoms with Gasteiger partial charge in [0.1, 0.15) is 18.1 Å². The van der Waals surface area contributed by atoms with Crippen molar-refractivity contribution >= 4 is 11.6 Å². The van der Waals surface area contributed by atoms with Crippen LogP contribution in [0.5, 0.6) is 17.4 Å². The summed E-state index contributed by atoms with van der Waals surface area (Å²) in [5.41, 5.74) is 3.19. The number of methoxy groups -OCH3 is 1. The minimum atomic E-state index is 0.418. The van der Waals surface area contributed by atoms with Crippen LogP contribution in [0.15, 0.2) is 73.6 Å². The van der Waals surface area contributed by atoms with E-state index < -0.39 is 0 Å². The van der Waals surface area contributed by atoms with Gasteiger partial charge in [0.25, 0.3) is 0 Å². The molecule has 190 valence electrons. The van der Waals surface area contributed by atoms with Gasteiger partial charge in [-0.05, 0) is 30.2 Å². The topological polar surface area (TPSA) is 105 Å². The zero-order valence-corrected chi connectivity index (χ0v) is 20.5. The van der Waals surface area contributed by atoms with Crippen LogP contribution in [-0.2, 0) is 17.9 Å². The van der Waals surface area contributed by atoms with Crippen LogP contribution in [-0.4, -0.2) is 51.4 Å². The summed E-state index contributed by atoms with van der Waals surface area (Å²) in [6.45, 7) is 2.61. The maximum absolute atomic E-state index is 6.05. The molecule has 1 aliphatic rings. The first kappa shape index (κ1) is 24.3. The lowest BCUT2D eigenvalue weighted by atomic mass is 10.1. The van der Waals surface area contributed by atoms with Crippen LogP contribution in [0.4, 0.5) is 11.6 Å². The molecule has 0 saturated carbocycles. The van der Waals surface area contributed by atoms with Crippen molar-refractivity contribution in [2.45, 2.75) is 19.6 Å². The second-order valence-electron chi connectivity index (χ2n) is 8.26. The van der Waals surface area contributed by atoms with Crippen LogP contribution in [0.2, 0.25) is 0 Å². The lowest BCUT2D eigenvalue weighted by molar-refractivity contribution is 0.148. The van der Waals surface area contributed by atoms with E-state index in [9.17, 15) is 0 Å². The lowest BCUT2D eigenvalue weighted by Gasteiger charge is -2.14. The summed E-state index contributed by atoms with van der Waals surface area (Å²) in [7, 11) is 1.59. The first-order valence-electron chi connectivity index (χ1n) is 12.0. The Morgan fingerprint density at radius 2 is 2.08 bits per heavy atom. The number of rotatable bonds is 5. The maximum Gasteiger partial charge on any atom is 0.227 e. The standard InChI is InChI=1S/C27H28N6O4/c1-34-24-17-30-27-31-22-13-20(14-23(16-22)36-12-9-33-8-7-28-19-33)18-35-10-3-2-4-11-37-25-15-21(5-6-29-25)26(24)32-27/h2-3,5-8,13-17,19H,4,9-12,18H2,1H3,(H,30,31,32)/b3-2+. The predicted molar refractivity (Wildman–Crippen MR) is 138 cm³/mol. The van der Waals surface area contributed by atoms with E-state index in [-0.39, 0.29) is 0 Å². The number of imidazole rings is 1. The van der Waals surface area contributed by atoms with E-state index in [1.54, 1.807) is 32.0 Å². The van der Waals surface area contributed by atoms with E-state index in [1.807, 2.05) is 53.2 Å². The number of ether oxygens (including phenoxy) is 4. The van der Waals surface area contributed by atoms with Gasteiger partial charge < -0.3 is 28.8 Å². The quantitative estimate of drug-likeness (QED) is 0.399. The van der Waals surface area contributed by atoms with Gasteiger partial charge in [-0.15, -0.1) is 0 Å². The summed E-state index contributed by atoms with van der Waals surface area (Å²) >= 11 is 0. The minimum absolute atomic E-state index is 0.418. The molecule has 4 aromatic rings. The fourth-order valence-corrected chi connectivity index (χ4v) is 3.80. The molecular formula is C27H28N6O4. The summed E-state index contributed by atoms with van der Waals surface area (Å²) in [5.74, 6) is 2.20. The molecule has 1 aliphatic heterocycles. The molecule has 1 N–H and O–H groups in total. The third kappa shape index (κ3) is 6.62. The van der Waals surface area contributed by atoms with Gasteiger partial charge in [0.2, 0.25) is 11.8 Å². The first-order valence-corrected chi connectivity index (χ1v) is 12.0. The average molecular weight is 501 g/mol. The molecule has 3 aromatic heterocycles. The number of anilines is 2. The molecule has 6 bridgehead atoms. The van der Waals surface area contributed by atoms with Gasteiger partial charge >= 0.3 is 0 Å². The van der Waals surface area contributed by atoms with E-state index in [2.05, 4.69) is 20.3 Å². The number of hydrogen-bond donors (Lipinski definition) is 1. The number of benzene rings is 1. The number of aromatic nitrogens is 5. The smallest absolute Gasteiger partial charge is 0.227 e. The highest BCUT2D eigenvalue weighted by atomic mass is 16.5. The molecule has 0 fully saturated rings. The number of pyridine rings is 1. The van der Waals surface area contributed by atoms with Gasteiger partial charge in [-0.2, -0.15) is 0 Å². The molecule has 5 rings (SSSR count). The molecule has 0 spiro atoms. The molecule has 0 aliphatic carbocycles. The molecule has 10 heteroatoms. The van der Waals surface area contributed by atoms with Crippen LogP contribution >= 0.6 is 0 Å². The Kier molecular flexibility index (Phi) is 7.87. The SMILES string of the molecule is COc1cnc2nc1-c1ccnc(c1)OCC/C=C/COCc1cc(cc(OCCn3ccnc3)c1)N2. The number of hydrogen-bond acceptors (Lipinski definition) is 9.